The molecule has 0 saturated carbocycles. The summed E-state index contributed by atoms with van der Waals surface area (Å²) in [5.74, 6) is 1.77. The van der Waals surface area contributed by atoms with E-state index in [1.54, 1.807) is 37.1 Å². The van der Waals surface area contributed by atoms with Crippen molar-refractivity contribution in [3.8, 4) is 34.5 Å². The lowest BCUT2D eigenvalue weighted by Gasteiger charge is -2.11. The lowest BCUT2D eigenvalue weighted by Crippen LogP contribution is -2.19. The number of amides is 1. The van der Waals surface area contributed by atoms with Gasteiger partial charge in [0.1, 0.15) is 12.2 Å². The van der Waals surface area contributed by atoms with Crippen molar-refractivity contribution in [2.24, 2.45) is 0 Å². The number of anilines is 1. The Bertz CT molecular complexity index is 1260. The number of carbonyl (C=O) groups is 1. The molecule has 8 heteroatoms. The topological polar surface area (TPSA) is 91.4 Å². The highest BCUT2D eigenvalue weighted by Gasteiger charge is 2.17. The summed E-state index contributed by atoms with van der Waals surface area (Å²) >= 11 is 0. The summed E-state index contributed by atoms with van der Waals surface area (Å²) in [6, 6.07) is 15.0. The predicted octanol–water partition coefficient (Wildman–Crippen LogP) is 4.48. The van der Waals surface area contributed by atoms with E-state index in [1.807, 2.05) is 50.2 Å². The van der Waals surface area contributed by atoms with Crippen LogP contribution in [0.4, 0.5) is 5.69 Å². The van der Waals surface area contributed by atoms with E-state index in [0.717, 1.165) is 22.4 Å². The normalized spacial score (nSPS) is 10.8. The number of benzene rings is 2. The predicted molar refractivity (Wildman–Crippen MR) is 121 cm³/mol. The van der Waals surface area contributed by atoms with Crippen molar-refractivity contribution >= 4 is 11.6 Å². The van der Waals surface area contributed by atoms with Crippen LogP contribution in [0.2, 0.25) is 0 Å². The molecular weight excluding hydrogens is 408 g/mol. The van der Waals surface area contributed by atoms with Crippen molar-refractivity contribution < 1.29 is 18.8 Å². The van der Waals surface area contributed by atoms with Crippen LogP contribution in [0.5, 0.6) is 11.5 Å². The van der Waals surface area contributed by atoms with Gasteiger partial charge in [0.05, 0.1) is 14.2 Å². The van der Waals surface area contributed by atoms with E-state index in [-0.39, 0.29) is 12.5 Å². The minimum atomic E-state index is -0.143. The second kappa shape index (κ2) is 8.97. The molecule has 0 radical (unpaired) electrons. The average Bonchev–Trinajstić information content (AvgIpc) is 3.45. The Hall–Kier alpha value is -4.07. The second-order valence-electron chi connectivity index (χ2n) is 7.38. The van der Waals surface area contributed by atoms with Gasteiger partial charge in [0, 0.05) is 17.4 Å². The van der Waals surface area contributed by atoms with Gasteiger partial charge in [-0.2, -0.15) is 4.98 Å². The number of hydrogen-bond donors (Lipinski definition) is 1. The number of aromatic nitrogens is 3. The first-order valence-corrected chi connectivity index (χ1v) is 10.1. The quantitative estimate of drug-likeness (QED) is 0.463. The number of rotatable bonds is 7. The summed E-state index contributed by atoms with van der Waals surface area (Å²) in [5, 5.41) is 7.06. The number of nitrogens with zero attached hydrogens (tertiary/aromatic N) is 3. The minimum Gasteiger partial charge on any atom is -0.493 e. The third kappa shape index (κ3) is 4.34. The van der Waals surface area contributed by atoms with Crippen LogP contribution in [0.1, 0.15) is 11.1 Å². The first kappa shape index (κ1) is 21.2. The van der Waals surface area contributed by atoms with Crippen molar-refractivity contribution in [2.75, 3.05) is 19.5 Å². The summed E-state index contributed by atoms with van der Waals surface area (Å²) in [6.07, 6.45) is 1.80. The maximum atomic E-state index is 12.7. The molecule has 0 saturated heterocycles. The Morgan fingerprint density at radius 1 is 1.06 bits per heavy atom. The Morgan fingerprint density at radius 3 is 2.66 bits per heavy atom. The fraction of sp³-hybridized carbons (Fsp3) is 0.208. The molecular formula is C24H24N4O4. The third-order valence-electron chi connectivity index (χ3n) is 5.10. The monoisotopic (exact) mass is 432 g/mol. The van der Waals surface area contributed by atoms with Crippen molar-refractivity contribution in [1.82, 2.24) is 14.7 Å². The number of aryl methyl sites for hydroxylation is 2. The van der Waals surface area contributed by atoms with Gasteiger partial charge >= 0.3 is 0 Å². The van der Waals surface area contributed by atoms with E-state index < -0.39 is 0 Å². The van der Waals surface area contributed by atoms with Gasteiger partial charge in [-0.25, -0.2) is 0 Å². The fourth-order valence-electron chi connectivity index (χ4n) is 3.38. The molecule has 4 aromatic rings. The van der Waals surface area contributed by atoms with Crippen molar-refractivity contribution in [1.29, 1.82) is 0 Å². The molecule has 164 valence electrons. The molecule has 0 aliphatic rings. The number of carbonyl (C=O) groups excluding carboxylic acids is 1. The van der Waals surface area contributed by atoms with Gasteiger partial charge in [-0.15, -0.1) is 0 Å². The molecule has 8 nitrogen and oxygen atoms in total. The smallest absolute Gasteiger partial charge is 0.274 e. The summed E-state index contributed by atoms with van der Waals surface area (Å²) < 4.78 is 17.9. The first-order chi connectivity index (χ1) is 15.5. The largest absolute Gasteiger partial charge is 0.493 e. The second-order valence-corrected chi connectivity index (χ2v) is 7.38. The van der Waals surface area contributed by atoms with Gasteiger partial charge in [0.2, 0.25) is 11.7 Å². The van der Waals surface area contributed by atoms with Crippen LogP contribution in [0.15, 0.2) is 59.3 Å². The van der Waals surface area contributed by atoms with Crippen LogP contribution >= 0.6 is 0 Å². The number of methoxy groups -OCH3 is 2. The average molecular weight is 432 g/mol. The number of hydrogen-bond acceptors (Lipinski definition) is 6. The van der Waals surface area contributed by atoms with Crippen LogP contribution in [-0.4, -0.2) is 34.8 Å². The van der Waals surface area contributed by atoms with E-state index in [4.69, 9.17) is 14.0 Å². The highest BCUT2D eigenvalue weighted by atomic mass is 16.5. The van der Waals surface area contributed by atoms with Crippen LogP contribution in [0.25, 0.3) is 23.0 Å². The molecule has 0 atom stereocenters. The van der Waals surface area contributed by atoms with E-state index in [1.165, 1.54) is 0 Å². The summed E-state index contributed by atoms with van der Waals surface area (Å²) in [6.45, 7) is 4.07. The lowest BCUT2D eigenvalue weighted by atomic mass is 10.1. The molecule has 32 heavy (non-hydrogen) atoms. The minimum absolute atomic E-state index is 0.115. The molecule has 1 N–H and O–H groups in total. The number of ether oxygens (including phenoxy) is 2. The highest BCUT2D eigenvalue weighted by Crippen LogP contribution is 2.32. The Morgan fingerprint density at radius 2 is 1.88 bits per heavy atom. The van der Waals surface area contributed by atoms with Gasteiger partial charge < -0.3 is 23.9 Å². The standard InChI is InChI=1S/C24H24N4O4/c1-15-7-8-16(2)18(12-15)25-22(29)14-28-11-5-6-19(28)24-26-23(27-32-24)17-9-10-20(30-3)21(13-17)31-4/h5-13H,14H2,1-4H3,(H,25,29). The van der Waals surface area contributed by atoms with Gasteiger partial charge in [-0.1, -0.05) is 17.3 Å². The van der Waals surface area contributed by atoms with Crippen molar-refractivity contribution in [3.05, 3.63) is 65.9 Å². The van der Waals surface area contributed by atoms with Crippen molar-refractivity contribution in [3.63, 3.8) is 0 Å². The zero-order chi connectivity index (χ0) is 22.7. The van der Waals surface area contributed by atoms with Crippen LogP contribution in [0, 0.1) is 13.8 Å². The Balaban J connectivity index is 1.54. The summed E-state index contributed by atoms with van der Waals surface area (Å²) in [7, 11) is 3.15. The lowest BCUT2D eigenvalue weighted by molar-refractivity contribution is -0.116. The van der Waals surface area contributed by atoms with Gasteiger partial charge in [-0.3, -0.25) is 4.79 Å². The molecule has 2 heterocycles. The van der Waals surface area contributed by atoms with Gasteiger partial charge in [0.25, 0.3) is 5.89 Å². The maximum Gasteiger partial charge on any atom is 0.274 e. The fourth-order valence-corrected chi connectivity index (χ4v) is 3.38. The zero-order valence-corrected chi connectivity index (χ0v) is 18.4. The van der Waals surface area contributed by atoms with Crippen LogP contribution in [-0.2, 0) is 11.3 Å². The molecule has 1 amide bonds. The molecule has 4 rings (SSSR count). The molecule has 2 aromatic carbocycles. The highest BCUT2D eigenvalue weighted by molar-refractivity contribution is 5.91. The molecule has 0 unspecified atom stereocenters. The SMILES string of the molecule is COc1ccc(-c2noc(-c3cccn3CC(=O)Nc3cc(C)ccc3C)n2)cc1OC. The third-order valence-corrected chi connectivity index (χ3v) is 5.10. The first-order valence-electron chi connectivity index (χ1n) is 10.1. The summed E-state index contributed by atoms with van der Waals surface area (Å²) in [5.41, 5.74) is 4.27. The molecule has 2 aromatic heterocycles. The molecule has 0 fully saturated rings. The molecule has 0 spiro atoms. The molecule has 0 aliphatic carbocycles. The van der Waals surface area contributed by atoms with Crippen molar-refractivity contribution in [2.45, 2.75) is 20.4 Å². The maximum absolute atomic E-state index is 12.7. The number of nitrogens with one attached hydrogen (secondary N) is 1. The Kier molecular flexibility index (Phi) is 5.93. The van der Waals surface area contributed by atoms with E-state index >= 15 is 0 Å². The molecule has 0 bridgehead atoms. The van der Waals surface area contributed by atoms with Gasteiger partial charge in [-0.05, 0) is 61.4 Å². The van der Waals surface area contributed by atoms with Crippen LogP contribution in [0.3, 0.4) is 0 Å². The zero-order valence-electron chi connectivity index (χ0n) is 18.4. The van der Waals surface area contributed by atoms with E-state index in [2.05, 4.69) is 15.5 Å². The van der Waals surface area contributed by atoms with Gasteiger partial charge in [0.15, 0.2) is 11.5 Å². The summed E-state index contributed by atoms with van der Waals surface area (Å²) in [4.78, 5) is 17.2. The molecule has 0 aliphatic heterocycles. The van der Waals surface area contributed by atoms with Crippen LogP contribution < -0.4 is 14.8 Å². The Labute approximate surface area is 185 Å². The van der Waals surface area contributed by atoms with E-state index in [9.17, 15) is 4.79 Å². The van der Waals surface area contributed by atoms with E-state index in [0.29, 0.717) is 28.9 Å².